The zero-order valence-electron chi connectivity index (χ0n) is 12.0. The lowest BCUT2D eigenvalue weighted by Gasteiger charge is -2.56. The van der Waals surface area contributed by atoms with E-state index in [9.17, 15) is 4.39 Å². The number of rotatable bonds is 2. The minimum absolute atomic E-state index is 0.129. The molecule has 1 aliphatic heterocycles. The summed E-state index contributed by atoms with van der Waals surface area (Å²) in [6.07, 6.45) is 3.99. The van der Waals surface area contributed by atoms with Crippen LogP contribution in [0.15, 0.2) is 24.3 Å². The standard InChI is InChI=1S/C17H24FN/c1-12(2)14-9-17(10-14)7-8-19-11-16(17)13-3-5-15(18)6-4-13/h3-6,12,14,16,19H,7-11H2,1-2H3. The maximum atomic E-state index is 13.1. The predicted octanol–water partition coefficient (Wildman–Crippen LogP) is 3.96. The molecular weight excluding hydrogens is 237 g/mol. The molecule has 2 heteroatoms. The first-order chi connectivity index (χ1) is 9.11. The summed E-state index contributed by atoms with van der Waals surface area (Å²) in [5.41, 5.74) is 1.80. The van der Waals surface area contributed by atoms with Crippen LogP contribution >= 0.6 is 0 Å². The van der Waals surface area contributed by atoms with Gasteiger partial charge < -0.3 is 5.32 Å². The van der Waals surface area contributed by atoms with E-state index in [1.54, 1.807) is 12.1 Å². The first-order valence-corrected chi connectivity index (χ1v) is 7.57. The Morgan fingerprint density at radius 3 is 2.53 bits per heavy atom. The molecule has 1 saturated heterocycles. The van der Waals surface area contributed by atoms with E-state index in [0.717, 1.165) is 24.9 Å². The molecule has 2 aliphatic rings. The first kappa shape index (κ1) is 13.1. The Balaban J connectivity index is 1.81. The molecule has 1 aromatic rings. The van der Waals surface area contributed by atoms with Crippen LogP contribution in [0.5, 0.6) is 0 Å². The van der Waals surface area contributed by atoms with Gasteiger partial charge in [0.25, 0.3) is 0 Å². The maximum Gasteiger partial charge on any atom is 0.123 e. The van der Waals surface area contributed by atoms with E-state index < -0.39 is 0 Å². The van der Waals surface area contributed by atoms with E-state index in [1.807, 2.05) is 12.1 Å². The minimum atomic E-state index is -0.129. The SMILES string of the molecule is CC(C)C1CC2(CCNCC2c2ccc(F)cc2)C1. The lowest BCUT2D eigenvalue weighted by molar-refractivity contribution is -0.0214. The normalized spacial score (nSPS) is 34.5. The van der Waals surface area contributed by atoms with Crippen molar-refractivity contribution in [3.63, 3.8) is 0 Å². The molecule has 0 aromatic heterocycles. The van der Waals surface area contributed by atoms with Crippen LogP contribution in [0, 0.1) is 23.1 Å². The lowest BCUT2D eigenvalue weighted by Crippen LogP contribution is -2.51. The maximum absolute atomic E-state index is 13.1. The van der Waals surface area contributed by atoms with Gasteiger partial charge >= 0.3 is 0 Å². The van der Waals surface area contributed by atoms with Crippen LogP contribution in [-0.4, -0.2) is 13.1 Å². The largest absolute Gasteiger partial charge is 0.316 e. The van der Waals surface area contributed by atoms with Gasteiger partial charge in [0.1, 0.15) is 5.82 Å². The Morgan fingerprint density at radius 1 is 1.21 bits per heavy atom. The van der Waals surface area contributed by atoms with Gasteiger partial charge in [-0.15, -0.1) is 0 Å². The summed E-state index contributed by atoms with van der Waals surface area (Å²) in [4.78, 5) is 0. The molecular formula is C17H24FN. The summed E-state index contributed by atoms with van der Waals surface area (Å²) in [5.74, 6) is 2.13. The molecule has 0 amide bonds. The Bertz CT molecular complexity index is 431. The molecule has 1 aliphatic carbocycles. The van der Waals surface area contributed by atoms with Crippen molar-refractivity contribution >= 4 is 0 Å². The Hall–Kier alpha value is -0.890. The van der Waals surface area contributed by atoms with E-state index >= 15 is 0 Å². The molecule has 1 nitrogen and oxygen atoms in total. The summed E-state index contributed by atoms with van der Waals surface area (Å²) in [6.45, 7) is 6.87. The van der Waals surface area contributed by atoms with Gasteiger partial charge in [0.05, 0.1) is 0 Å². The van der Waals surface area contributed by atoms with Crippen molar-refractivity contribution in [2.45, 2.75) is 39.0 Å². The third-order valence-electron chi connectivity index (χ3n) is 5.44. The molecule has 3 rings (SSSR count). The second-order valence-electron chi connectivity index (χ2n) is 6.83. The average Bonchev–Trinajstić information content (AvgIpc) is 2.36. The van der Waals surface area contributed by atoms with Gasteiger partial charge in [0.15, 0.2) is 0 Å². The molecule has 2 fully saturated rings. The van der Waals surface area contributed by atoms with Crippen molar-refractivity contribution in [2.75, 3.05) is 13.1 Å². The Morgan fingerprint density at radius 2 is 1.89 bits per heavy atom. The molecule has 1 heterocycles. The van der Waals surface area contributed by atoms with Crippen LogP contribution in [0.25, 0.3) is 0 Å². The second kappa shape index (κ2) is 4.90. The number of halogens is 1. The monoisotopic (exact) mass is 261 g/mol. The fourth-order valence-corrected chi connectivity index (χ4v) is 4.09. The number of piperidine rings is 1. The van der Waals surface area contributed by atoms with Gasteiger partial charge in [0.2, 0.25) is 0 Å². The Labute approximate surface area is 115 Å². The highest BCUT2D eigenvalue weighted by atomic mass is 19.1. The summed E-state index contributed by atoms with van der Waals surface area (Å²) in [7, 11) is 0. The third-order valence-corrected chi connectivity index (χ3v) is 5.44. The average molecular weight is 261 g/mol. The zero-order chi connectivity index (χ0) is 13.5. The van der Waals surface area contributed by atoms with Crippen LogP contribution in [0.2, 0.25) is 0 Å². The van der Waals surface area contributed by atoms with E-state index in [2.05, 4.69) is 19.2 Å². The topological polar surface area (TPSA) is 12.0 Å². The summed E-state index contributed by atoms with van der Waals surface area (Å²) < 4.78 is 13.1. The molecule has 0 radical (unpaired) electrons. The smallest absolute Gasteiger partial charge is 0.123 e. The van der Waals surface area contributed by atoms with Gasteiger partial charge in [-0.3, -0.25) is 0 Å². The van der Waals surface area contributed by atoms with Crippen molar-refractivity contribution in [3.05, 3.63) is 35.6 Å². The highest BCUT2D eigenvalue weighted by molar-refractivity contribution is 5.26. The first-order valence-electron chi connectivity index (χ1n) is 7.57. The molecule has 1 atom stereocenters. The molecule has 1 unspecified atom stereocenters. The zero-order valence-corrected chi connectivity index (χ0v) is 12.0. The fourth-order valence-electron chi connectivity index (χ4n) is 4.09. The van der Waals surface area contributed by atoms with E-state index in [1.165, 1.54) is 24.8 Å². The highest BCUT2D eigenvalue weighted by Gasteiger charge is 2.51. The number of nitrogens with one attached hydrogen (secondary N) is 1. The van der Waals surface area contributed by atoms with Crippen molar-refractivity contribution in [1.29, 1.82) is 0 Å². The second-order valence-corrected chi connectivity index (χ2v) is 6.83. The van der Waals surface area contributed by atoms with E-state index in [0.29, 0.717) is 11.3 Å². The molecule has 104 valence electrons. The van der Waals surface area contributed by atoms with Crippen molar-refractivity contribution < 1.29 is 4.39 Å². The van der Waals surface area contributed by atoms with Crippen LogP contribution < -0.4 is 5.32 Å². The molecule has 1 N–H and O–H groups in total. The number of hydrogen-bond donors (Lipinski definition) is 1. The summed E-state index contributed by atoms with van der Waals surface area (Å²) in [5, 5.41) is 3.52. The van der Waals surface area contributed by atoms with Crippen LogP contribution in [0.1, 0.15) is 44.6 Å². The summed E-state index contributed by atoms with van der Waals surface area (Å²) >= 11 is 0. The van der Waals surface area contributed by atoms with Gasteiger partial charge in [-0.25, -0.2) is 4.39 Å². The van der Waals surface area contributed by atoms with Crippen LogP contribution in [0.3, 0.4) is 0 Å². The quantitative estimate of drug-likeness (QED) is 0.850. The van der Waals surface area contributed by atoms with Gasteiger partial charge in [-0.2, -0.15) is 0 Å². The Kier molecular flexibility index (Phi) is 3.38. The highest BCUT2D eigenvalue weighted by Crippen LogP contribution is 2.59. The minimum Gasteiger partial charge on any atom is -0.316 e. The van der Waals surface area contributed by atoms with Gasteiger partial charge in [0, 0.05) is 12.5 Å². The molecule has 1 aromatic carbocycles. The molecule has 0 bridgehead atoms. The van der Waals surface area contributed by atoms with Crippen LogP contribution in [-0.2, 0) is 0 Å². The lowest BCUT2D eigenvalue weighted by atomic mass is 9.50. The fraction of sp³-hybridized carbons (Fsp3) is 0.647. The van der Waals surface area contributed by atoms with Gasteiger partial charge in [-0.05, 0) is 60.8 Å². The number of benzene rings is 1. The van der Waals surface area contributed by atoms with E-state index in [4.69, 9.17) is 0 Å². The van der Waals surface area contributed by atoms with Crippen LogP contribution in [0.4, 0.5) is 4.39 Å². The van der Waals surface area contributed by atoms with Gasteiger partial charge in [-0.1, -0.05) is 26.0 Å². The third kappa shape index (κ3) is 2.31. The summed E-state index contributed by atoms with van der Waals surface area (Å²) in [6, 6.07) is 7.18. The molecule has 1 saturated carbocycles. The molecule has 19 heavy (non-hydrogen) atoms. The van der Waals surface area contributed by atoms with Crippen molar-refractivity contribution in [1.82, 2.24) is 5.32 Å². The molecule has 1 spiro atoms. The van der Waals surface area contributed by atoms with Crippen molar-refractivity contribution in [3.8, 4) is 0 Å². The van der Waals surface area contributed by atoms with E-state index in [-0.39, 0.29) is 5.82 Å². The van der Waals surface area contributed by atoms with Crippen molar-refractivity contribution in [2.24, 2.45) is 17.3 Å². The predicted molar refractivity (Wildman–Crippen MR) is 76.6 cm³/mol. The number of hydrogen-bond acceptors (Lipinski definition) is 1.